The number of pyridine rings is 2. The van der Waals surface area contributed by atoms with Crippen LogP contribution in [-0.2, 0) is 11.7 Å². The summed E-state index contributed by atoms with van der Waals surface area (Å²) in [6.45, 7) is 5.31. The van der Waals surface area contributed by atoms with Gasteiger partial charge in [-0.25, -0.2) is 24.3 Å². The van der Waals surface area contributed by atoms with Crippen LogP contribution in [-0.4, -0.2) is 52.4 Å². The number of thiazole rings is 1. The van der Waals surface area contributed by atoms with Crippen LogP contribution in [0.3, 0.4) is 0 Å². The SMILES string of the molecule is [B]C1CCC(n2c(=O)n(C(O)(O)O)c3cnc(Nc4cc(C)cc(-c5ncc(C(C)(C)O)s5)n4)cc32)C1. The summed E-state index contributed by atoms with van der Waals surface area (Å²) < 4.78 is 1.92. The van der Waals surface area contributed by atoms with Gasteiger partial charge in [0.05, 0.1) is 35.6 Å². The Morgan fingerprint density at radius 2 is 1.81 bits per heavy atom. The minimum absolute atomic E-state index is 0.0587. The molecule has 1 aliphatic rings. The van der Waals surface area contributed by atoms with Gasteiger partial charge in [0.2, 0.25) is 0 Å². The van der Waals surface area contributed by atoms with Crippen LogP contribution >= 0.6 is 11.3 Å². The van der Waals surface area contributed by atoms with Gasteiger partial charge in [-0.1, -0.05) is 12.2 Å². The van der Waals surface area contributed by atoms with E-state index in [1.165, 1.54) is 22.1 Å². The van der Waals surface area contributed by atoms with E-state index in [4.69, 9.17) is 7.85 Å². The molecule has 4 aromatic rings. The van der Waals surface area contributed by atoms with Gasteiger partial charge in [0, 0.05) is 18.3 Å². The summed E-state index contributed by atoms with van der Waals surface area (Å²) in [5.74, 6) is 0.772. The summed E-state index contributed by atoms with van der Waals surface area (Å²) in [6.07, 6.45) is 1.45. The zero-order valence-electron chi connectivity index (χ0n) is 20.6. The fraction of sp³-hybridized carbons (Fsp3) is 0.417. The second kappa shape index (κ2) is 9.03. The third-order valence-corrected chi connectivity index (χ3v) is 7.76. The van der Waals surface area contributed by atoms with Gasteiger partial charge in [-0.05, 0) is 51.3 Å². The van der Waals surface area contributed by atoms with Crippen molar-refractivity contribution in [3.05, 3.63) is 51.5 Å². The molecule has 5 rings (SSSR count). The van der Waals surface area contributed by atoms with E-state index in [9.17, 15) is 25.2 Å². The molecule has 0 amide bonds. The maximum Gasteiger partial charge on any atom is 0.377 e. The highest BCUT2D eigenvalue weighted by atomic mass is 32.1. The highest BCUT2D eigenvalue weighted by molar-refractivity contribution is 7.15. The van der Waals surface area contributed by atoms with Crippen LogP contribution in [0.5, 0.6) is 0 Å². The molecule has 0 aliphatic heterocycles. The van der Waals surface area contributed by atoms with Gasteiger partial charge in [-0.3, -0.25) is 4.57 Å². The lowest BCUT2D eigenvalue weighted by atomic mass is 9.86. The first kappa shape index (κ1) is 25.6. The van der Waals surface area contributed by atoms with Crippen molar-refractivity contribution in [3.8, 4) is 10.7 Å². The number of imidazole rings is 1. The first-order valence-electron chi connectivity index (χ1n) is 11.8. The van der Waals surface area contributed by atoms with E-state index in [1.54, 1.807) is 26.1 Å². The van der Waals surface area contributed by atoms with E-state index in [0.29, 0.717) is 50.1 Å². The number of aliphatic hydroxyl groups is 4. The third-order valence-electron chi connectivity index (χ3n) is 6.42. The molecule has 2 atom stereocenters. The Morgan fingerprint density at radius 3 is 2.43 bits per heavy atom. The van der Waals surface area contributed by atoms with Crippen LogP contribution in [0.15, 0.2) is 35.4 Å². The Labute approximate surface area is 217 Å². The van der Waals surface area contributed by atoms with E-state index in [0.717, 1.165) is 12.0 Å². The Balaban J connectivity index is 1.55. The molecule has 0 spiro atoms. The number of aromatic nitrogens is 5. The fourth-order valence-electron chi connectivity index (χ4n) is 4.70. The van der Waals surface area contributed by atoms with Crippen LogP contribution in [0.25, 0.3) is 21.7 Å². The monoisotopic (exact) mass is 522 g/mol. The Morgan fingerprint density at radius 1 is 1.05 bits per heavy atom. The summed E-state index contributed by atoms with van der Waals surface area (Å²) in [7, 11) is 6.06. The maximum atomic E-state index is 13.1. The van der Waals surface area contributed by atoms with Gasteiger partial charge in [0.1, 0.15) is 22.3 Å². The quantitative estimate of drug-likeness (QED) is 0.189. The van der Waals surface area contributed by atoms with Crippen LogP contribution in [0.2, 0.25) is 5.82 Å². The molecule has 2 radical (unpaired) electrons. The fourth-order valence-corrected chi connectivity index (χ4v) is 5.58. The van der Waals surface area contributed by atoms with Crippen molar-refractivity contribution < 1.29 is 20.4 Å². The average molecular weight is 522 g/mol. The highest BCUT2D eigenvalue weighted by Crippen LogP contribution is 2.38. The van der Waals surface area contributed by atoms with Gasteiger partial charge >= 0.3 is 11.8 Å². The van der Waals surface area contributed by atoms with Crippen LogP contribution < -0.4 is 11.0 Å². The zero-order chi connectivity index (χ0) is 26.7. The van der Waals surface area contributed by atoms with Crippen molar-refractivity contribution in [2.45, 2.75) is 63.6 Å². The number of hydrogen-bond donors (Lipinski definition) is 5. The molecule has 5 N–H and O–H groups in total. The first-order valence-corrected chi connectivity index (χ1v) is 12.6. The average Bonchev–Trinajstić information content (AvgIpc) is 3.49. The van der Waals surface area contributed by atoms with Gasteiger partial charge in [0.25, 0.3) is 0 Å². The van der Waals surface area contributed by atoms with Gasteiger partial charge < -0.3 is 25.7 Å². The summed E-state index contributed by atoms with van der Waals surface area (Å²) in [5, 5.41) is 43.7. The normalized spacial score (nSPS) is 18.6. The second-order valence-corrected chi connectivity index (χ2v) is 11.0. The van der Waals surface area contributed by atoms with E-state index < -0.39 is 17.4 Å². The van der Waals surface area contributed by atoms with Gasteiger partial charge in [-0.2, -0.15) is 0 Å². The number of hydrogen-bond acceptors (Lipinski definition) is 10. The van der Waals surface area contributed by atoms with Crippen molar-refractivity contribution in [1.29, 1.82) is 0 Å². The molecule has 192 valence electrons. The van der Waals surface area contributed by atoms with Crippen molar-refractivity contribution in [2.24, 2.45) is 0 Å². The minimum Gasteiger partial charge on any atom is -0.385 e. The maximum absolute atomic E-state index is 13.1. The molecular formula is C24H27BN6O5S. The Bertz CT molecular complexity index is 1530. The molecule has 37 heavy (non-hydrogen) atoms. The predicted molar refractivity (Wildman–Crippen MR) is 140 cm³/mol. The lowest BCUT2D eigenvalue weighted by molar-refractivity contribution is -0.374. The van der Waals surface area contributed by atoms with E-state index >= 15 is 0 Å². The topological polar surface area (TPSA) is 159 Å². The summed E-state index contributed by atoms with van der Waals surface area (Å²) in [4.78, 5) is 27.2. The number of rotatable bonds is 6. The summed E-state index contributed by atoms with van der Waals surface area (Å²) in [6, 6.07) is 5.05. The zero-order valence-corrected chi connectivity index (χ0v) is 21.4. The lowest BCUT2D eigenvalue weighted by Crippen LogP contribution is -2.41. The molecule has 0 saturated heterocycles. The highest BCUT2D eigenvalue weighted by Gasteiger charge is 2.33. The lowest BCUT2D eigenvalue weighted by Gasteiger charge is -2.15. The third kappa shape index (κ3) is 4.92. The van der Waals surface area contributed by atoms with E-state index in [-0.39, 0.29) is 17.4 Å². The second-order valence-electron chi connectivity index (χ2n) is 10.0. The molecule has 0 bridgehead atoms. The number of anilines is 2. The van der Waals surface area contributed by atoms with Crippen LogP contribution in [0.4, 0.5) is 11.6 Å². The van der Waals surface area contributed by atoms with E-state index in [2.05, 4.69) is 20.3 Å². The standard InChI is InChI=1S/C24H27BN6O5S/c1-12-6-15(21-27-11-18(37-21)23(2,3)33)28-20(7-12)29-19-9-16-17(10-26-19)31(24(34,35)36)22(32)30(16)14-5-4-13(25)8-14/h6-7,9-11,13-14,33-36H,4-5,8H2,1-3H3,(H,26,28,29). The molecule has 1 saturated carbocycles. The molecule has 4 aromatic heterocycles. The van der Waals surface area contributed by atoms with Crippen LogP contribution in [0, 0.1) is 6.92 Å². The molecular weight excluding hydrogens is 495 g/mol. The molecule has 1 aliphatic carbocycles. The van der Waals surface area contributed by atoms with Gasteiger partial charge in [-0.15, -0.1) is 11.3 Å². The minimum atomic E-state index is -3.39. The van der Waals surface area contributed by atoms with Crippen molar-refractivity contribution >= 4 is 41.9 Å². The molecule has 0 aromatic carbocycles. The number of fused-ring (bicyclic) bond motifs is 1. The largest absolute Gasteiger partial charge is 0.385 e. The van der Waals surface area contributed by atoms with Crippen molar-refractivity contribution in [1.82, 2.24) is 24.1 Å². The summed E-state index contributed by atoms with van der Waals surface area (Å²) in [5.41, 5.74) is 0.183. The number of nitrogens with one attached hydrogen (secondary N) is 1. The number of nitrogens with zero attached hydrogens (tertiary/aromatic N) is 5. The van der Waals surface area contributed by atoms with Crippen LogP contribution in [0.1, 0.15) is 49.6 Å². The predicted octanol–water partition coefficient (Wildman–Crippen LogP) is 2.22. The Kier molecular flexibility index (Phi) is 6.24. The van der Waals surface area contributed by atoms with Crippen molar-refractivity contribution in [3.63, 3.8) is 0 Å². The molecule has 1 fully saturated rings. The van der Waals surface area contributed by atoms with E-state index in [1.807, 2.05) is 19.1 Å². The first-order chi connectivity index (χ1) is 17.3. The molecule has 4 heterocycles. The molecule has 13 heteroatoms. The smallest absolute Gasteiger partial charge is 0.377 e. The van der Waals surface area contributed by atoms with Crippen molar-refractivity contribution in [2.75, 3.05) is 5.32 Å². The van der Waals surface area contributed by atoms with Gasteiger partial charge in [0.15, 0.2) is 0 Å². The number of aryl methyl sites for hydroxylation is 1. The molecule has 2 unspecified atom stereocenters. The Hall–Kier alpha value is -3.10. The summed E-state index contributed by atoms with van der Waals surface area (Å²) >= 11 is 1.35. The molecule has 11 nitrogen and oxygen atoms in total.